The summed E-state index contributed by atoms with van der Waals surface area (Å²) in [5.41, 5.74) is 3.39. The standard InChI is InChI=1S/C11H15N2O2/c1-14-10(15-2)6-8-4-3-5-9-11(8)13-7-12-9/h3-5,7,10,12-13H,6H2,1-2H3. The van der Waals surface area contributed by atoms with Gasteiger partial charge >= 0.3 is 0 Å². The molecule has 1 aromatic carbocycles. The van der Waals surface area contributed by atoms with Gasteiger partial charge in [-0.25, -0.2) is 0 Å². The number of rotatable bonds is 4. The van der Waals surface area contributed by atoms with Crippen LogP contribution in [0.2, 0.25) is 0 Å². The molecule has 1 heterocycles. The summed E-state index contributed by atoms with van der Waals surface area (Å²) in [5.74, 6) is 0. The second-order valence-electron chi connectivity index (χ2n) is 3.38. The Hall–Kier alpha value is -1.26. The van der Waals surface area contributed by atoms with Crippen LogP contribution in [0.4, 0.5) is 11.4 Å². The fourth-order valence-electron chi connectivity index (χ4n) is 1.69. The highest BCUT2D eigenvalue weighted by Gasteiger charge is 2.16. The summed E-state index contributed by atoms with van der Waals surface area (Å²) in [6, 6.07) is 6.12. The van der Waals surface area contributed by atoms with Crippen LogP contribution in [0, 0.1) is 6.67 Å². The number of fused-ring (bicyclic) bond motifs is 1. The maximum absolute atomic E-state index is 5.18. The van der Waals surface area contributed by atoms with Gasteiger partial charge in [0.2, 0.25) is 0 Å². The average molecular weight is 207 g/mol. The minimum atomic E-state index is -0.195. The number of hydrogen-bond donors (Lipinski definition) is 2. The van der Waals surface area contributed by atoms with Crippen LogP contribution in [-0.4, -0.2) is 20.5 Å². The molecule has 2 rings (SSSR count). The molecule has 1 aliphatic rings. The highest BCUT2D eigenvalue weighted by molar-refractivity contribution is 5.78. The Morgan fingerprint density at radius 2 is 2.00 bits per heavy atom. The average Bonchev–Trinajstić information content (AvgIpc) is 2.74. The van der Waals surface area contributed by atoms with Gasteiger partial charge in [0, 0.05) is 20.6 Å². The van der Waals surface area contributed by atoms with E-state index in [1.54, 1.807) is 14.2 Å². The molecule has 81 valence electrons. The number of ether oxygens (including phenoxy) is 2. The molecule has 0 aliphatic carbocycles. The van der Waals surface area contributed by atoms with Crippen molar-refractivity contribution in [3.05, 3.63) is 30.4 Å². The Bertz CT molecular complexity index is 337. The molecule has 0 aromatic heterocycles. The van der Waals surface area contributed by atoms with E-state index >= 15 is 0 Å². The number of hydrogen-bond acceptors (Lipinski definition) is 4. The molecule has 0 saturated heterocycles. The van der Waals surface area contributed by atoms with E-state index in [-0.39, 0.29) is 6.29 Å². The Balaban J connectivity index is 2.18. The molecule has 0 amide bonds. The molecule has 0 atom stereocenters. The summed E-state index contributed by atoms with van der Waals surface area (Å²) in [5, 5.41) is 6.31. The second kappa shape index (κ2) is 4.51. The van der Waals surface area contributed by atoms with Crippen LogP contribution in [-0.2, 0) is 15.9 Å². The Morgan fingerprint density at radius 1 is 1.20 bits per heavy atom. The Kier molecular flexibility index (Phi) is 3.08. The largest absolute Gasteiger partial charge is 0.360 e. The van der Waals surface area contributed by atoms with Crippen LogP contribution in [0.15, 0.2) is 18.2 Å². The van der Waals surface area contributed by atoms with Gasteiger partial charge in [0.1, 0.15) is 6.67 Å². The van der Waals surface area contributed by atoms with Gasteiger partial charge in [-0.15, -0.1) is 0 Å². The van der Waals surface area contributed by atoms with Crippen molar-refractivity contribution in [1.29, 1.82) is 0 Å². The second-order valence-corrected chi connectivity index (χ2v) is 3.38. The van der Waals surface area contributed by atoms with Crippen molar-refractivity contribution in [1.82, 2.24) is 0 Å². The predicted octanol–water partition coefficient (Wildman–Crippen LogP) is 1.80. The van der Waals surface area contributed by atoms with E-state index in [0.717, 1.165) is 17.8 Å². The van der Waals surface area contributed by atoms with Gasteiger partial charge in [0.15, 0.2) is 6.29 Å². The molecule has 0 spiro atoms. The molecule has 0 unspecified atom stereocenters. The summed E-state index contributed by atoms with van der Waals surface area (Å²) < 4.78 is 10.4. The van der Waals surface area contributed by atoms with Gasteiger partial charge in [-0.2, -0.15) is 0 Å². The van der Waals surface area contributed by atoms with Crippen LogP contribution >= 0.6 is 0 Å². The predicted molar refractivity (Wildman–Crippen MR) is 59.5 cm³/mol. The van der Waals surface area contributed by atoms with Crippen molar-refractivity contribution < 1.29 is 9.47 Å². The lowest BCUT2D eigenvalue weighted by molar-refractivity contribution is -0.100. The molecule has 2 N–H and O–H groups in total. The Morgan fingerprint density at radius 3 is 2.73 bits per heavy atom. The van der Waals surface area contributed by atoms with Gasteiger partial charge in [0.05, 0.1) is 11.4 Å². The minimum Gasteiger partial charge on any atom is -0.360 e. The molecule has 4 heteroatoms. The van der Waals surface area contributed by atoms with Crippen molar-refractivity contribution in [3.63, 3.8) is 0 Å². The van der Waals surface area contributed by atoms with E-state index in [1.165, 1.54) is 5.56 Å². The van der Waals surface area contributed by atoms with Crippen molar-refractivity contribution in [2.45, 2.75) is 12.7 Å². The summed E-state index contributed by atoms with van der Waals surface area (Å²) in [6.07, 6.45) is 0.539. The lowest BCUT2D eigenvalue weighted by Gasteiger charge is -2.15. The van der Waals surface area contributed by atoms with E-state index in [2.05, 4.69) is 16.7 Å². The van der Waals surface area contributed by atoms with Crippen LogP contribution < -0.4 is 10.6 Å². The molecule has 0 bridgehead atoms. The number of methoxy groups -OCH3 is 2. The van der Waals surface area contributed by atoms with Crippen molar-refractivity contribution in [3.8, 4) is 0 Å². The number of para-hydroxylation sites is 1. The van der Waals surface area contributed by atoms with E-state index in [9.17, 15) is 0 Å². The van der Waals surface area contributed by atoms with Crippen molar-refractivity contribution >= 4 is 11.4 Å². The molecule has 1 radical (unpaired) electrons. The fourth-order valence-corrected chi connectivity index (χ4v) is 1.69. The number of anilines is 2. The fraction of sp³-hybridized carbons (Fsp3) is 0.364. The first-order valence-corrected chi connectivity index (χ1v) is 4.87. The van der Waals surface area contributed by atoms with E-state index in [0.29, 0.717) is 0 Å². The smallest absolute Gasteiger partial charge is 0.160 e. The molecule has 15 heavy (non-hydrogen) atoms. The third kappa shape index (κ3) is 2.06. The number of nitrogens with one attached hydrogen (secondary N) is 2. The van der Waals surface area contributed by atoms with Crippen LogP contribution in [0.25, 0.3) is 0 Å². The molecular formula is C11H15N2O2. The zero-order valence-electron chi connectivity index (χ0n) is 8.91. The minimum absolute atomic E-state index is 0.195. The van der Waals surface area contributed by atoms with E-state index < -0.39 is 0 Å². The van der Waals surface area contributed by atoms with Crippen LogP contribution in [0.5, 0.6) is 0 Å². The van der Waals surface area contributed by atoms with Gasteiger partial charge in [-0.3, -0.25) is 0 Å². The van der Waals surface area contributed by atoms with Crippen molar-refractivity contribution in [2.75, 3.05) is 24.9 Å². The lowest BCUT2D eigenvalue weighted by Crippen LogP contribution is -2.16. The maximum Gasteiger partial charge on any atom is 0.160 e. The third-order valence-corrected chi connectivity index (χ3v) is 2.51. The van der Waals surface area contributed by atoms with Crippen molar-refractivity contribution in [2.24, 2.45) is 0 Å². The highest BCUT2D eigenvalue weighted by Crippen LogP contribution is 2.31. The lowest BCUT2D eigenvalue weighted by atomic mass is 10.1. The van der Waals surface area contributed by atoms with E-state index in [4.69, 9.17) is 9.47 Å². The van der Waals surface area contributed by atoms with Gasteiger partial charge in [-0.1, -0.05) is 12.1 Å². The van der Waals surface area contributed by atoms with Crippen LogP contribution in [0.1, 0.15) is 5.56 Å². The zero-order valence-corrected chi connectivity index (χ0v) is 8.91. The van der Waals surface area contributed by atoms with Crippen LogP contribution in [0.3, 0.4) is 0 Å². The summed E-state index contributed by atoms with van der Waals surface area (Å²) in [7, 11) is 3.30. The highest BCUT2D eigenvalue weighted by atomic mass is 16.7. The normalized spacial score (nSPS) is 13.5. The third-order valence-electron chi connectivity index (χ3n) is 2.51. The maximum atomic E-state index is 5.18. The van der Waals surface area contributed by atoms with E-state index in [1.807, 2.05) is 18.8 Å². The SMILES string of the molecule is COC(Cc1cccc2c1N[CH]N2)OC. The summed E-state index contributed by atoms with van der Waals surface area (Å²) >= 11 is 0. The summed E-state index contributed by atoms with van der Waals surface area (Å²) in [4.78, 5) is 0. The Labute approximate surface area is 89.6 Å². The van der Waals surface area contributed by atoms with Gasteiger partial charge in [0.25, 0.3) is 0 Å². The molecule has 4 nitrogen and oxygen atoms in total. The number of benzene rings is 1. The first kappa shape index (κ1) is 10.3. The molecule has 0 fully saturated rings. The van der Waals surface area contributed by atoms with Gasteiger partial charge < -0.3 is 20.1 Å². The van der Waals surface area contributed by atoms with Gasteiger partial charge in [-0.05, 0) is 11.6 Å². The zero-order chi connectivity index (χ0) is 10.7. The first-order chi connectivity index (χ1) is 7.35. The monoisotopic (exact) mass is 207 g/mol. The molecule has 1 aliphatic heterocycles. The first-order valence-electron chi connectivity index (χ1n) is 4.87. The topological polar surface area (TPSA) is 42.5 Å². The summed E-state index contributed by atoms with van der Waals surface area (Å²) in [6.45, 7) is 1.82. The molecule has 1 aromatic rings. The molecule has 0 saturated carbocycles. The molecular weight excluding hydrogens is 192 g/mol. The quantitative estimate of drug-likeness (QED) is 0.739.